The number of benzene rings is 1. The third-order valence-electron chi connectivity index (χ3n) is 2.16. The van der Waals surface area contributed by atoms with Crippen molar-refractivity contribution < 1.29 is 4.42 Å². The highest BCUT2D eigenvalue weighted by Crippen LogP contribution is 2.18. The average molecular weight is 171 g/mol. The molecule has 64 valence electrons. The molecule has 2 rings (SSSR count). The van der Waals surface area contributed by atoms with Gasteiger partial charge in [-0.2, -0.15) is 0 Å². The first-order chi connectivity index (χ1) is 6.18. The molecule has 0 unspecified atom stereocenters. The van der Waals surface area contributed by atoms with Crippen LogP contribution in [-0.2, 0) is 0 Å². The SMILES string of the molecule is [B]c1cc2ncoc2cc1C(C)C. The minimum atomic E-state index is 0.412. The van der Waals surface area contributed by atoms with Gasteiger partial charge < -0.3 is 4.42 Å². The van der Waals surface area contributed by atoms with Crippen molar-refractivity contribution in [3.05, 3.63) is 24.1 Å². The number of aromatic nitrogens is 1. The molecule has 0 saturated carbocycles. The predicted molar refractivity (Wildman–Crippen MR) is 53.5 cm³/mol. The second-order valence-corrected chi connectivity index (χ2v) is 3.46. The van der Waals surface area contributed by atoms with E-state index in [0.29, 0.717) is 5.92 Å². The summed E-state index contributed by atoms with van der Waals surface area (Å²) in [5.41, 5.74) is 3.53. The first kappa shape index (κ1) is 8.36. The molecule has 0 spiro atoms. The molecule has 0 atom stereocenters. The van der Waals surface area contributed by atoms with Gasteiger partial charge in [-0.1, -0.05) is 19.3 Å². The van der Waals surface area contributed by atoms with E-state index in [-0.39, 0.29) is 0 Å². The minimum Gasteiger partial charge on any atom is -0.443 e. The van der Waals surface area contributed by atoms with E-state index in [9.17, 15) is 0 Å². The fourth-order valence-electron chi connectivity index (χ4n) is 1.44. The van der Waals surface area contributed by atoms with Crippen molar-refractivity contribution in [1.29, 1.82) is 0 Å². The van der Waals surface area contributed by atoms with E-state index in [1.165, 1.54) is 6.39 Å². The molecule has 0 amide bonds. The molecule has 0 bridgehead atoms. The summed E-state index contributed by atoms with van der Waals surface area (Å²) in [6.07, 6.45) is 1.44. The standard InChI is InChI=1S/C10H10BNO/c1-6(2)7-3-10-9(4-8(7)11)12-5-13-10/h3-6H,1-2H3. The summed E-state index contributed by atoms with van der Waals surface area (Å²) in [6.45, 7) is 4.21. The van der Waals surface area contributed by atoms with Gasteiger partial charge in [-0.3, -0.25) is 0 Å². The maximum absolute atomic E-state index is 5.87. The van der Waals surface area contributed by atoms with Crippen molar-refractivity contribution in [2.45, 2.75) is 19.8 Å². The smallest absolute Gasteiger partial charge is 0.181 e. The number of nitrogens with zero attached hydrogens (tertiary/aromatic N) is 1. The van der Waals surface area contributed by atoms with Crippen molar-refractivity contribution in [3.63, 3.8) is 0 Å². The summed E-state index contributed by atoms with van der Waals surface area (Å²) in [6, 6.07) is 3.82. The minimum absolute atomic E-state index is 0.412. The lowest BCUT2D eigenvalue weighted by atomic mass is 9.85. The van der Waals surface area contributed by atoms with Crippen LogP contribution in [0, 0.1) is 0 Å². The number of hydrogen-bond acceptors (Lipinski definition) is 2. The van der Waals surface area contributed by atoms with Gasteiger partial charge in [-0.15, -0.1) is 0 Å². The molecule has 1 heterocycles. The maximum Gasteiger partial charge on any atom is 0.181 e. The number of hydrogen-bond donors (Lipinski definition) is 0. The molecule has 0 fully saturated rings. The lowest BCUT2D eigenvalue weighted by Gasteiger charge is -2.08. The number of fused-ring (bicyclic) bond motifs is 1. The van der Waals surface area contributed by atoms with Gasteiger partial charge in [0.1, 0.15) is 13.4 Å². The summed E-state index contributed by atoms with van der Waals surface area (Å²) in [5, 5.41) is 0. The van der Waals surface area contributed by atoms with Crippen LogP contribution in [0.15, 0.2) is 22.9 Å². The topological polar surface area (TPSA) is 26.0 Å². The average Bonchev–Trinajstić information content (AvgIpc) is 2.48. The Hall–Kier alpha value is -1.25. The van der Waals surface area contributed by atoms with Crippen LogP contribution in [-0.4, -0.2) is 12.8 Å². The Kier molecular flexibility index (Phi) is 1.87. The Morgan fingerprint density at radius 1 is 1.38 bits per heavy atom. The fourth-order valence-corrected chi connectivity index (χ4v) is 1.44. The monoisotopic (exact) mass is 171 g/mol. The van der Waals surface area contributed by atoms with Gasteiger partial charge >= 0.3 is 0 Å². The van der Waals surface area contributed by atoms with Gasteiger partial charge in [0.25, 0.3) is 0 Å². The maximum atomic E-state index is 5.87. The van der Waals surface area contributed by atoms with Crippen molar-refractivity contribution in [2.75, 3.05) is 0 Å². The molecule has 1 aromatic carbocycles. The van der Waals surface area contributed by atoms with Gasteiger partial charge in [0, 0.05) is 0 Å². The van der Waals surface area contributed by atoms with Crippen molar-refractivity contribution in [3.8, 4) is 0 Å². The zero-order valence-corrected chi connectivity index (χ0v) is 7.74. The van der Waals surface area contributed by atoms with Crippen LogP contribution in [0.2, 0.25) is 0 Å². The van der Waals surface area contributed by atoms with Crippen LogP contribution in [0.4, 0.5) is 0 Å². The van der Waals surface area contributed by atoms with Crippen LogP contribution in [0.5, 0.6) is 0 Å². The molecule has 2 aromatic rings. The van der Waals surface area contributed by atoms with Gasteiger partial charge in [-0.25, -0.2) is 4.98 Å². The van der Waals surface area contributed by atoms with Crippen molar-refractivity contribution >= 4 is 24.4 Å². The molecule has 0 aliphatic carbocycles. The molecule has 3 heteroatoms. The first-order valence-corrected chi connectivity index (χ1v) is 4.31. The Morgan fingerprint density at radius 2 is 2.15 bits per heavy atom. The fraction of sp³-hybridized carbons (Fsp3) is 0.300. The van der Waals surface area contributed by atoms with Gasteiger partial charge in [0.2, 0.25) is 0 Å². The molecule has 2 nitrogen and oxygen atoms in total. The van der Waals surface area contributed by atoms with Crippen LogP contribution in [0.3, 0.4) is 0 Å². The molecule has 13 heavy (non-hydrogen) atoms. The molecule has 0 aliphatic rings. The normalized spacial score (nSPS) is 11.3. The van der Waals surface area contributed by atoms with Crippen LogP contribution in [0.1, 0.15) is 25.3 Å². The Labute approximate surface area is 78.4 Å². The third kappa shape index (κ3) is 1.35. The summed E-state index contributed by atoms with van der Waals surface area (Å²) < 4.78 is 5.20. The third-order valence-corrected chi connectivity index (χ3v) is 2.16. The first-order valence-electron chi connectivity index (χ1n) is 4.31. The van der Waals surface area contributed by atoms with Crippen LogP contribution < -0.4 is 5.46 Å². The van der Waals surface area contributed by atoms with Gasteiger partial charge in [0.05, 0.1) is 0 Å². The molecule has 0 saturated heterocycles. The van der Waals surface area contributed by atoms with E-state index < -0.39 is 0 Å². The second-order valence-electron chi connectivity index (χ2n) is 3.46. The second kappa shape index (κ2) is 2.91. The highest BCUT2D eigenvalue weighted by molar-refractivity contribution is 6.34. The van der Waals surface area contributed by atoms with E-state index in [2.05, 4.69) is 18.8 Å². The van der Waals surface area contributed by atoms with Crippen LogP contribution in [0.25, 0.3) is 11.1 Å². The van der Waals surface area contributed by atoms with Crippen molar-refractivity contribution in [2.24, 2.45) is 0 Å². The van der Waals surface area contributed by atoms with Crippen molar-refractivity contribution in [1.82, 2.24) is 4.98 Å². The van der Waals surface area contributed by atoms with E-state index in [1.807, 2.05) is 12.1 Å². The Balaban J connectivity index is 2.69. The summed E-state index contributed by atoms with van der Waals surface area (Å²) in [7, 11) is 5.87. The molecule has 0 aliphatic heterocycles. The summed E-state index contributed by atoms with van der Waals surface area (Å²) in [4.78, 5) is 4.03. The van der Waals surface area contributed by atoms with E-state index >= 15 is 0 Å². The molecule has 1 aromatic heterocycles. The molecular formula is C10H10BNO. The highest BCUT2D eigenvalue weighted by atomic mass is 16.3. The van der Waals surface area contributed by atoms with Gasteiger partial charge in [-0.05, 0) is 23.6 Å². The zero-order valence-electron chi connectivity index (χ0n) is 7.74. The van der Waals surface area contributed by atoms with E-state index in [0.717, 1.165) is 22.1 Å². The molecular weight excluding hydrogens is 161 g/mol. The zero-order chi connectivity index (χ0) is 9.42. The molecule has 2 radical (unpaired) electrons. The van der Waals surface area contributed by atoms with Crippen LogP contribution >= 0.6 is 0 Å². The molecule has 0 N–H and O–H groups in total. The number of rotatable bonds is 1. The van der Waals surface area contributed by atoms with E-state index in [1.54, 1.807) is 0 Å². The Bertz CT molecular complexity index is 433. The summed E-state index contributed by atoms with van der Waals surface area (Å²) >= 11 is 0. The Morgan fingerprint density at radius 3 is 2.85 bits per heavy atom. The predicted octanol–water partition coefficient (Wildman–Crippen LogP) is 1.74. The van der Waals surface area contributed by atoms with Gasteiger partial charge in [0.15, 0.2) is 12.0 Å². The highest BCUT2D eigenvalue weighted by Gasteiger charge is 2.06. The summed E-state index contributed by atoms with van der Waals surface area (Å²) in [5.74, 6) is 0.412. The largest absolute Gasteiger partial charge is 0.443 e. The lowest BCUT2D eigenvalue weighted by Crippen LogP contribution is -2.11. The number of oxazole rings is 1. The lowest BCUT2D eigenvalue weighted by molar-refractivity contribution is 0.601. The quantitative estimate of drug-likeness (QED) is 0.610. The van der Waals surface area contributed by atoms with E-state index in [4.69, 9.17) is 12.3 Å².